The summed E-state index contributed by atoms with van der Waals surface area (Å²) >= 11 is 0. The van der Waals surface area contributed by atoms with Crippen molar-refractivity contribution in [3.8, 4) is 5.75 Å². The number of nitrogens with two attached hydrogens (primary N) is 1. The van der Waals surface area contributed by atoms with Crippen LogP contribution in [0.1, 0.15) is 13.8 Å². The third-order valence-corrected chi connectivity index (χ3v) is 6.28. The second-order valence-corrected chi connectivity index (χ2v) is 7.71. The second-order valence-electron chi connectivity index (χ2n) is 5.77. The van der Waals surface area contributed by atoms with E-state index in [2.05, 4.69) is 20.3 Å². The maximum absolute atomic E-state index is 12.8. The zero-order valence-corrected chi connectivity index (χ0v) is 16.2. The average molecular weight is 390 g/mol. The number of aromatic amines is 1. The molecule has 3 aromatic rings. The van der Waals surface area contributed by atoms with Crippen LogP contribution >= 0.6 is 0 Å². The number of rotatable bonds is 7. The number of sulfonamides is 1. The van der Waals surface area contributed by atoms with Gasteiger partial charge >= 0.3 is 0 Å². The highest BCUT2D eigenvalue weighted by molar-refractivity contribution is 7.89. The summed E-state index contributed by atoms with van der Waals surface area (Å²) in [5, 5.41) is 3.92. The number of hydrogen-bond acceptors (Lipinski definition) is 7. The molecule has 4 N–H and O–H groups in total. The van der Waals surface area contributed by atoms with Gasteiger partial charge in [-0.25, -0.2) is 13.4 Å². The smallest absolute Gasteiger partial charge is 0.243 e. The number of benzene rings is 1. The molecule has 27 heavy (non-hydrogen) atoms. The third kappa shape index (κ3) is 3.53. The molecule has 0 radical (unpaired) electrons. The summed E-state index contributed by atoms with van der Waals surface area (Å²) in [5.74, 6) is 0.681. The predicted octanol–water partition coefficient (Wildman–Crippen LogP) is 2.32. The van der Waals surface area contributed by atoms with E-state index < -0.39 is 10.0 Å². The molecule has 1 aromatic carbocycles. The van der Waals surface area contributed by atoms with Crippen molar-refractivity contribution in [2.24, 2.45) is 0 Å². The lowest BCUT2D eigenvalue weighted by atomic mass is 10.2. The molecule has 2 heterocycles. The number of aromatic nitrogens is 3. The number of nitrogens with one attached hydrogen (secondary N) is 2. The van der Waals surface area contributed by atoms with Crippen molar-refractivity contribution in [2.75, 3.05) is 31.2 Å². The van der Waals surface area contributed by atoms with E-state index in [1.54, 1.807) is 38.4 Å². The summed E-state index contributed by atoms with van der Waals surface area (Å²) in [6.45, 7) is 4.41. The van der Waals surface area contributed by atoms with Gasteiger partial charge in [0.1, 0.15) is 11.4 Å². The number of anilines is 3. The number of nitrogen functional groups attached to an aromatic ring is 1. The zero-order valence-electron chi connectivity index (χ0n) is 15.4. The molecule has 0 bridgehead atoms. The summed E-state index contributed by atoms with van der Waals surface area (Å²) in [4.78, 5) is 11.3. The van der Waals surface area contributed by atoms with Gasteiger partial charge in [0.2, 0.25) is 16.0 Å². The molecule has 0 fully saturated rings. The van der Waals surface area contributed by atoms with Crippen LogP contribution in [0.2, 0.25) is 0 Å². The highest BCUT2D eigenvalue weighted by Crippen LogP contribution is 2.33. The van der Waals surface area contributed by atoms with E-state index in [1.165, 1.54) is 17.5 Å². The van der Waals surface area contributed by atoms with Crippen LogP contribution in [0.25, 0.3) is 11.0 Å². The molecule has 0 unspecified atom stereocenters. The minimum absolute atomic E-state index is 0.167. The first-order valence-corrected chi connectivity index (χ1v) is 9.89. The van der Waals surface area contributed by atoms with E-state index in [0.29, 0.717) is 35.9 Å². The molecule has 3 rings (SSSR count). The highest BCUT2D eigenvalue weighted by atomic mass is 32.2. The first-order valence-electron chi connectivity index (χ1n) is 8.45. The van der Waals surface area contributed by atoms with Crippen molar-refractivity contribution < 1.29 is 13.2 Å². The van der Waals surface area contributed by atoms with E-state index in [9.17, 15) is 8.42 Å². The van der Waals surface area contributed by atoms with Crippen molar-refractivity contribution >= 4 is 38.4 Å². The Hall–Kier alpha value is -2.85. The first-order chi connectivity index (χ1) is 12.9. The topological polar surface area (TPSA) is 126 Å². The highest BCUT2D eigenvalue weighted by Gasteiger charge is 2.23. The zero-order chi connectivity index (χ0) is 19.6. The lowest BCUT2D eigenvalue weighted by molar-refractivity contribution is 0.416. The number of fused-ring (bicyclic) bond motifs is 1. The summed E-state index contributed by atoms with van der Waals surface area (Å²) < 4.78 is 32.4. The Morgan fingerprint density at radius 2 is 2.00 bits per heavy atom. The molecule has 0 aliphatic carbocycles. The first kappa shape index (κ1) is 18.9. The summed E-state index contributed by atoms with van der Waals surface area (Å²) in [6.07, 6.45) is 3.31. The average Bonchev–Trinajstić information content (AvgIpc) is 3.04. The molecule has 2 aromatic heterocycles. The molecule has 0 amide bonds. The second kappa shape index (κ2) is 7.41. The Morgan fingerprint density at radius 3 is 2.67 bits per heavy atom. The maximum atomic E-state index is 12.8. The van der Waals surface area contributed by atoms with Crippen LogP contribution in [-0.4, -0.2) is 47.9 Å². The van der Waals surface area contributed by atoms with Crippen LogP contribution in [-0.2, 0) is 10.0 Å². The van der Waals surface area contributed by atoms with Crippen molar-refractivity contribution in [1.29, 1.82) is 0 Å². The van der Waals surface area contributed by atoms with Gasteiger partial charge in [-0.2, -0.15) is 9.29 Å². The Labute approximate surface area is 157 Å². The van der Waals surface area contributed by atoms with Gasteiger partial charge in [0.25, 0.3) is 0 Å². The molecule has 10 heteroatoms. The molecule has 9 nitrogen and oxygen atoms in total. The summed E-state index contributed by atoms with van der Waals surface area (Å²) in [5.41, 5.74) is 7.38. The van der Waals surface area contributed by atoms with Crippen LogP contribution < -0.4 is 15.8 Å². The summed E-state index contributed by atoms with van der Waals surface area (Å²) in [6, 6.07) is 4.72. The lowest BCUT2D eigenvalue weighted by Gasteiger charge is -2.19. The van der Waals surface area contributed by atoms with E-state index >= 15 is 0 Å². The van der Waals surface area contributed by atoms with Gasteiger partial charge in [0.05, 0.1) is 28.8 Å². The minimum atomic E-state index is -3.59. The standard InChI is InChI=1S/C17H22N6O3S/c1-4-23(5-2)27(24,25)11-6-7-15(26-3)13(8-11)21-14-10-19-16-12(14)9-20-17(18)22-16/h6-10,21H,4-5H2,1-3H3,(H3,18,19,20,22). The number of H-pyrrole nitrogens is 1. The molecule has 0 spiro atoms. The van der Waals surface area contributed by atoms with Crippen LogP contribution in [0.4, 0.5) is 17.3 Å². The quantitative estimate of drug-likeness (QED) is 0.565. The van der Waals surface area contributed by atoms with Gasteiger partial charge in [-0.3, -0.25) is 0 Å². The van der Waals surface area contributed by atoms with Crippen molar-refractivity contribution in [3.05, 3.63) is 30.6 Å². The van der Waals surface area contributed by atoms with E-state index in [0.717, 1.165) is 5.39 Å². The normalized spacial score (nSPS) is 11.9. The van der Waals surface area contributed by atoms with Crippen LogP contribution in [0.3, 0.4) is 0 Å². The fourth-order valence-electron chi connectivity index (χ4n) is 2.83. The maximum Gasteiger partial charge on any atom is 0.243 e. The molecule has 0 aliphatic heterocycles. The van der Waals surface area contributed by atoms with E-state index in [4.69, 9.17) is 10.5 Å². The van der Waals surface area contributed by atoms with Crippen LogP contribution in [0.5, 0.6) is 5.75 Å². The lowest BCUT2D eigenvalue weighted by Crippen LogP contribution is -2.30. The predicted molar refractivity (Wildman–Crippen MR) is 105 cm³/mol. The number of hydrogen-bond donors (Lipinski definition) is 3. The molecular weight excluding hydrogens is 368 g/mol. The van der Waals surface area contributed by atoms with Gasteiger partial charge in [0.15, 0.2) is 0 Å². The number of methoxy groups -OCH3 is 1. The molecule has 0 saturated heterocycles. The Kier molecular flexibility index (Phi) is 5.19. The van der Waals surface area contributed by atoms with Crippen LogP contribution in [0.15, 0.2) is 35.5 Å². The van der Waals surface area contributed by atoms with Gasteiger partial charge in [-0.15, -0.1) is 0 Å². The van der Waals surface area contributed by atoms with E-state index in [1.807, 2.05) is 0 Å². The number of nitrogens with zero attached hydrogens (tertiary/aromatic N) is 3. The van der Waals surface area contributed by atoms with Crippen molar-refractivity contribution in [1.82, 2.24) is 19.3 Å². The third-order valence-electron chi connectivity index (χ3n) is 4.23. The molecule has 0 aliphatic rings. The van der Waals surface area contributed by atoms with Gasteiger partial charge in [-0.05, 0) is 18.2 Å². The molecule has 144 valence electrons. The minimum Gasteiger partial charge on any atom is -0.495 e. The Morgan fingerprint density at radius 1 is 1.26 bits per heavy atom. The molecule has 0 atom stereocenters. The summed E-state index contributed by atoms with van der Waals surface area (Å²) in [7, 11) is -2.06. The van der Waals surface area contributed by atoms with Crippen LogP contribution in [0, 0.1) is 0 Å². The fourth-order valence-corrected chi connectivity index (χ4v) is 4.31. The van der Waals surface area contributed by atoms with Gasteiger partial charge in [0, 0.05) is 25.5 Å². The van der Waals surface area contributed by atoms with Crippen molar-refractivity contribution in [3.63, 3.8) is 0 Å². The van der Waals surface area contributed by atoms with E-state index in [-0.39, 0.29) is 10.8 Å². The number of ether oxygens (including phenoxy) is 1. The monoisotopic (exact) mass is 390 g/mol. The van der Waals surface area contributed by atoms with Gasteiger partial charge < -0.3 is 20.8 Å². The molecular formula is C17H22N6O3S. The van der Waals surface area contributed by atoms with Gasteiger partial charge in [-0.1, -0.05) is 13.8 Å². The van der Waals surface area contributed by atoms with Crippen molar-refractivity contribution in [2.45, 2.75) is 18.7 Å². The molecule has 0 saturated carbocycles. The Balaban J connectivity index is 2.04. The SMILES string of the molecule is CCN(CC)S(=O)(=O)c1ccc(OC)c(Nc2c[nH]c3nc(N)ncc23)c1. The largest absolute Gasteiger partial charge is 0.495 e. The Bertz CT molecular complexity index is 1060. The fraction of sp³-hybridized carbons (Fsp3) is 0.294.